The quantitative estimate of drug-likeness (QED) is 0.831. The molecule has 2 heterocycles. The Morgan fingerprint density at radius 1 is 1.35 bits per heavy atom. The highest BCUT2D eigenvalue weighted by Crippen LogP contribution is 2.17. The smallest absolute Gasteiger partial charge is 0.107 e. The summed E-state index contributed by atoms with van der Waals surface area (Å²) in [6.45, 7) is 2.47. The van der Waals surface area contributed by atoms with Gasteiger partial charge in [-0.2, -0.15) is 5.10 Å². The summed E-state index contributed by atoms with van der Waals surface area (Å²) < 4.78 is 12.5. The minimum Gasteiger partial charge on any atom is -0.390 e. The van der Waals surface area contributed by atoms with Crippen LogP contribution in [0, 0.1) is 5.92 Å². The van der Waals surface area contributed by atoms with Crippen LogP contribution < -0.4 is 5.32 Å². The molecule has 0 saturated carbocycles. The molecular weight excluding hydrogens is 294 g/mol. The third-order valence-electron chi connectivity index (χ3n) is 4.22. The maximum absolute atomic E-state index is 10.2. The fraction of sp³-hybridized carbons (Fsp3) is 0.471. The number of rotatable bonds is 6. The molecule has 0 amide bonds. The zero-order valence-electron chi connectivity index (χ0n) is 13.3. The number of hydrogen-bond donors (Lipinski definition) is 2. The van der Waals surface area contributed by atoms with Crippen LogP contribution >= 0.6 is 0 Å². The van der Waals surface area contributed by atoms with Gasteiger partial charge in [0.25, 0.3) is 0 Å². The van der Waals surface area contributed by atoms with Gasteiger partial charge >= 0.3 is 0 Å². The van der Waals surface area contributed by atoms with Crippen molar-refractivity contribution in [3.8, 4) is 5.69 Å². The third-order valence-corrected chi connectivity index (χ3v) is 4.22. The van der Waals surface area contributed by atoms with Crippen LogP contribution in [0.5, 0.6) is 0 Å². The van der Waals surface area contributed by atoms with E-state index in [4.69, 9.17) is 9.47 Å². The Morgan fingerprint density at radius 2 is 2.17 bits per heavy atom. The van der Waals surface area contributed by atoms with Crippen molar-refractivity contribution in [3.63, 3.8) is 0 Å². The van der Waals surface area contributed by atoms with E-state index in [-0.39, 0.29) is 12.0 Å². The number of ether oxygens (including phenoxy) is 2. The van der Waals surface area contributed by atoms with Gasteiger partial charge in [-0.1, -0.05) is 12.1 Å². The molecule has 0 spiro atoms. The fourth-order valence-corrected chi connectivity index (χ4v) is 2.81. The van der Waals surface area contributed by atoms with Crippen molar-refractivity contribution in [2.75, 3.05) is 26.9 Å². The standard InChI is InChI=1S/C17H23N3O3/c1-22-16-12-23-11-14(17(16)21)10-18-9-13-3-5-15(6-4-13)20-8-2-7-19-20/h2-8,14,16-18,21H,9-12H2,1H3/t14-,16-,17+/m1/s1. The summed E-state index contributed by atoms with van der Waals surface area (Å²) in [7, 11) is 1.61. The molecule has 3 rings (SSSR count). The number of aliphatic hydroxyl groups is 1. The zero-order chi connectivity index (χ0) is 16.1. The molecule has 2 N–H and O–H groups in total. The molecule has 0 radical (unpaired) electrons. The Bertz CT molecular complexity index is 586. The number of nitrogens with one attached hydrogen (secondary N) is 1. The average molecular weight is 317 g/mol. The Balaban J connectivity index is 1.49. The van der Waals surface area contributed by atoms with Crippen molar-refractivity contribution in [3.05, 3.63) is 48.3 Å². The van der Waals surface area contributed by atoms with E-state index in [9.17, 15) is 5.11 Å². The number of aliphatic hydroxyl groups excluding tert-OH is 1. The molecule has 1 aliphatic heterocycles. The summed E-state index contributed by atoms with van der Waals surface area (Å²) >= 11 is 0. The molecule has 124 valence electrons. The van der Waals surface area contributed by atoms with Gasteiger partial charge in [0, 0.05) is 38.5 Å². The lowest BCUT2D eigenvalue weighted by Crippen LogP contribution is -2.48. The van der Waals surface area contributed by atoms with Gasteiger partial charge in [-0.3, -0.25) is 0 Å². The molecule has 1 fully saturated rings. The molecule has 2 aromatic rings. The Morgan fingerprint density at radius 3 is 2.87 bits per heavy atom. The van der Waals surface area contributed by atoms with Crippen molar-refractivity contribution in [2.24, 2.45) is 5.92 Å². The normalized spacial score (nSPS) is 24.7. The van der Waals surface area contributed by atoms with E-state index >= 15 is 0 Å². The highest BCUT2D eigenvalue weighted by Gasteiger charge is 2.32. The Labute approximate surface area is 136 Å². The molecule has 23 heavy (non-hydrogen) atoms. The molecule has 6 nitrogen and oxygen atoms in total. The van der Waals surface area contributed by atoms with Crippen LogP contribution in [-0.2, 0) is 16.0 Å². The topological polar surface area (TPSA) is 68.5 Å². The van der Waals surface area contributed by atoms with E-state index in [1.165, 1.54) is 5.56 Å². The highest BCUT2D eigenvalue weighted by molar-refractivity contribution is 5.33. The van der Waals surface area contributed by atoms with Crippen molar-refractivity contribution >= 4 is 0 Å². The minimum absolute atomic E-state index is 0.0528. The number of aromatic nitrogens is 2. The Kier molecular flexibility index (Phi) is 5.40. The molecule has 0 aliphatic carbocycles. The second-order valence-electron chi connectivity index (χ2n) is 5.81. The first-order valence-electron chi connectivity index (χ1n) is 7.86. The largest absolute Gasteiger partial charge is 0.390 e. The summed E-state index contributed by atoms with van der Waals surface area (Å²) in [5, 5.41) is 17.8. The van der Waals surface area contributed by atoms with Gasteiger partial charge in [0.15, 0.2) is 0 Å². The monoisotopic (exact) mass is 317 g/mol. The number of benzene rings is 1. The molecule has 1 aromatic carbocycles. The van der Waals surface area contributed by atoms with Crippen LogP contribution in [0.15, 0.2) is 42.7 Å². The lowest BCUT2D eigenvalue weighted by molar-refractivity contribution is -0.133. The van der Waals surface area contributed by atoms with Crippen molar-refractivity contribution < 1.29 is 14.6 Å². The van der Waals surface area contributed by atoms with Crippen LogP contribution in [-0.4, -0.2) is 54.0 Å². The van der Waals surface area contributed by atoms with Crippen LogP contribution in [0.1, 0.15) is 5.56 Å². The van der Waals surface area contributed by atoms with Crippen molar-refractivity contribution in [1.29, 1.82) is 0 Å². The number of nitrogens with zero attached hydrogens (tertiary/aromatic N) is 2. The molecular formula is C17H23N3O3. The first-order valence-corrected chi connectivity index (χ1v) is 7.86. The molecule has 1 aromatic heterocycles. The third kappa shape index (κ3) is 3.97. The molecule has 0 bridgehead atoms. The van der Waals surface area contributed by atoms with Crippen molar-refractivity contribution in [2.45, 2.75) is 18.8 Å². The molecule has 1 saturated heterocycles. The molecule has 0 unspecified atom stereocenters. The lowest BCUT2D eigenvalue weighted by atomic mass is 9.96. The van der Waals surface area contributed by atoms with E-state index in [2.05, 4.69) is 22.5 Å². The lowest BCUT2D eigenvalue weighted by Gasteiger charge is -2.33. The van der Waals surface area contributed by atoms with Crippen LogP contribution in [0.25, 0.3) is 5.69 Å². The highest BCUT2D eigenvalue weighted by atomic mass is 16.5. The predicted molar refractivity (Wildman–Crippen MR) is 86.4 cm³/mol. The first-order chi connectivity index (χ1) is 11.3. The van der Waals surface area contributed by atoms with Gasteiger partial charge in [0.2, 0.25) is 0 Å². The minimum atomic E-state index is -0.483. The fourth-order valence-electron chi connectivity index (χ4n) is 2.81. The van der Waals surface area contributed by atoms with Crippen LogP contribution in [0.4, 0.5) is 0 Å². The summed E-state index contributed by atoms with van der Waals surface area (Å²) in [6, 6.07) is 10.2. The second kappa shape index (κ2) is 7.70. The molecule has 6 heteroatoms. The SMILES string of the molecule is CO[C@@H]1COC[C@@H](CNCc2ccc(-n3cccn3)cc2)[C@@H]1O. The maximum atomic E-state index is 10.2. The molecule has 1 aliphatic rings. The van der Waals surface area contributed by atoms with Crippen LogP contribution in [0.2, 0.25) is 0 Å². The van der Waals surface area contributed by atoms with E-state index in [0.29, 0.717) is 19.8 Å². The number of methoxy groups -OCH3 is 1. The molecule has 3 atom stereocenters. The Hall–Kier alpha value is -1.73. The zero-order valence-corrected chi connectivity index (χ0v) is 13.3. The second-order valence-corrected chi connectivity index (χ2v) is 5.81. The number of hydrogen-bond acceptors (Lipinski definition) is 5. The average Bonchev–Trinajstić information content (AvgIpc) is 3.11. The van der Waals surface area contributed by atoms with Gasteiger partial charge < -0.3 is 19.9 Å². The van der Waals surface area contributed by atoms with Gasteiger partial charge in [-0.15, -0.1) is 0 Å². The van der Waals surface area contributed by atoms with E-state index < -0.39 is 6.10 Å². The maximum Gasteiger partial charge on any atom is 0.107 e. The van der Waals surface area contributed by atoms with Gasteiger partial charge in [-0.05, 0) is 23.8 Å². The summed E-state index contributed by atoms with van der Waals surface area (Å²) in [4.78, 5) is 0. The summed E-state index contributed by atoms with van der Waals surface area (Å²) in [5.74, 6) is 0.0528. The van der Waals surface area contributed by atoms with E-state index in [1.807, 2.05) is 29.1 Å². The van der Waals surface area contributed by atoms with E-state index in [1.54, 1.807) is 13.3 Å². The van der Waals surface area contributed by atoms with Gasteiger partial charge in [0.05, 0.1) is 25.0 Å². The van der Waals surface area contributed by atoms with Crippen molar-refractivity contribution in [1.82, 2.24) is 15.1 Å². The van der Waals surface area contributed by atoms with Gasteiger partial charge in [0.1, 0.15) is 6.10 Å². The van der Waals surface area contributed by atoms with Crippen LogP contribution in [0.3, 0.4) is 0 Å². The van der Waals surface area contributed by atoms with E-state index in [0.717, 1.165) is 12.2 Å². The summed E-state index contributed by atoms with van der Waals surface area (Å²) in [6.07, 6.45) is 2.97. The first kappa shape index (κ1) is 16.1. The van der Waals surface area contributed by atoms with Gasteiger partial charge in [-0.25, -0.2) is 4.68 Å². The predicted octanol–water partition coefficient (Wildman–Crippen LogP) is 0.984. The summed E-state index contributed by atoms with van der Waals surface area (Å²) in [5.41, 5.74) is 2.23.